The number of allylic oxidation sites excluding steroid dienone is 1. The zero-order chi connectivity index (χ0) is 9.31. The first kappa shape index (κ1) is 11.7. The standard InChI is InChI=1S/C11H14NO.HI/c1-12-8-4-5-10(9-12)11(13)6-2-3-7-11;/h2,4-6,8-9,13H,3,7H2,1H3;1H/q+1;/p-1. The summed E-state index contributed by atoms with van der Waals surface area (Å²) < 4.78 is 1.96. The number of hydrogen-bond donors (Lipinski definition) is 1. The van der Waals surface area contributed by atoms with Crippen molar-refractivity contribution in [1.29, 1.82) is 0 Å². The van der Waals surface area contributed by atoms with Gasteiger partial charge in [-0.15, -0.1) is 0 Å². The molecule has 76 valence electrons. The predicted octanol–water partition coefficient (Wildman–Crippen LogP) is -1.95. The van der Waals surface area contributed by atoms with Gasteiger partial charge in [0.05, 0.1) is 5.56 Å². The maximum atomic E-state index is 10.2. The van der Waals surface area contributed by atoms with Crippen LogP contribution in [0.1, 0.15) is 18.4 Å². The summed E-state index contributed by atoms with van der Waals surface area (Å²) in [6.07, 6.45) is 9.63. The first-order valence-electron chi connectivity index (χ1n) is 4.57. The van der Waals surface area contributed by atoms with Gasteiger partial charge in [-0.25, -0.2) is 4.57 Å². The lowest BCUT2D eigenvalue weighted by Crippen LogP contribution is -3.00. The van der Waals surface area contributed by atoms with Gasteiger partial charge in [0.2, 0.25) is 0 Å². The van der Waals surface area contributed by atoms with Crippen LogP contribution < -0.4 is 28.5 Å². The summed E-state index contributed by atoms with van der Waals surface area (Å²) in [6.45, 7) is 0. The first-order chi connectivity index (χ1) is 6.21. The van der Waals surface area contributed by atoms with E-state index >= 15 is 0 Å². The van der Waals surface area contributed by atoms with E-state index in [2.05, 4.69) is 0 Å². The summed E-state index contributed by atoms with van der Waals surface area (Å²) in [5, 5.41) is 10.2. The Morgan fingerprint density at radius 2 is 2.29 bits per heavy atom. The van der Waals surface area contributed by atoms with Gasteiger partial charge >= 0.3 is 0 Å². The number of nitrogens with zero attached hydrogens (tertiary/aromatic N) is 1. The van der Waals surface area contributed by atoms with Crippen LogP contribution in [0.4, 0.5) is 0 Å². The van der Waals surface area contributed by atoms with Gasteiger partial charge in [-0.1, -0.05) is 12.2 Å². The molecule has 1 aromatic rings. The van der Waals surface area contributed by atoms with Crippen LogP contribution in [-0.2, 0) is 12.6 Å². The molecule has 0 saturated carbocycles. The Bertz CT molecular complexity index is 351. The SMILES string of the molecule is C[n+]1cccc(C2(O)C=CCC2)c1.[I-]. The highest BCUT2D eigenvalue weighted by Gasteiger charge is 2.30. The molecule has 1 heterocycles. The number of aliphatic hydroxyl groups is 1. The Labute approximate surface area is 101 Å². The highest BCUT2D eigenvalue weighted by molar-refractivity contribution is 5.25. The Morgan fingerprint density at radius 3 is 2.86 bits per heavy atom. The van der Waals surface area contributed by atoms with Crippen molar-refractivity contribution in [3.8, 4) is 0 Å². The smallest absolute Gasteiger partial charge is 0.174 e. The normalized spacial score (nSPS) is 24.7. The summed E-state index contributed by atoms with van der Waals surface area (Å²) in [6, 6.07) is 3.93. The van der Waals surface area contributed by atoms with Crippen molar-refractivity contribution in [3.05, 3.63) is 42.2 Å². The molecule has 0 aliphatic heterocycles. The molecule has 0 spiro atoms. The molecule has 1 unspecified atom stereocenters. The third kappa shape index (κ3) is 2.15. The van der Waals surface area contributed by atoms with Crippen LogP contribution >= 0.6 is 0 Å². The van der Waals surface area contributed by atoms with E-state index in [4.69, 9.17) is 0 Å². The maximum absolute atomic E-state index is 10.2. The fraction of sp³-hybridized carbons (Fsp3) is 0.364. The van der Waals surface area contributed by atoms with Crippen molar-refractivity contribution >= 4 is 0 Å². The van der Waals surface area contributed by atoms with Gasteiger partial charge in [0.25, 0.3) is 0 Å². The molecule has 3 heteroatoms. The van der Waals surface area contributed by atoms with Crippen molar-refractivity contribution < 1.29 is 33.7 Å². The number of aromatic nitrogens is 1. The van der Waals surface area contributed by atoms with Crippen LogP contribution in [0, 0.1) is 0 Å². The molecule has 0 bridgehead atoms. The van der Waals surface area contributed by atoms with Gasteiger partial charge in [-0.3, -0.25) is 0 Å². The summed E-state index contributed by atoms with van der Waals surface area (Å²) >= 11 is 0. The molecule has 0 aromatic carbocycles. The second-order valence-electron chi connectivity index (χ2n) is 3.62. The van der Waals surface area contributed by atoms with Crippen LogP contribution in [0.2, 0.25) is 0 Å². The monoisotopic (exact) mass is 303 g/mol. The fourth-order valence-electron chi connectivity index (χ4n) is 1.75. The van der Waals surface area contributed by atoms with Gasteiger partial charge in [-0.05, 0) is 18.9 Å². The molecule has 2 rings (SSSR count). The van der Waals surface area contributed by atoms with Crippen LogP contribution in [0.3, 0.4) is 0 Å². The van der Waals surface area contributed by atoms with Crippen molar-refractivity contribution in [2.45, 2.75) is 18.4 Å². The van der Waals surface area contributed by atoms with Gasteiger partial charge in [0.1, 0.15) is 12.6 Å². The summed E-state index contributed by atoms with van der Waals surface area (Å²) in [4.78, 5) is 0. The molecule has 0 radical (unpaired) electrons. The minimum Gasteiger partial charge on any atom is -1.00 e. The van der Waals surface area contributed by atoms with E-state index < -0.39 is 5.60 Å². The number of aryl methyl sites for hydroxylation is 1. The van der Waals surface area contributed by atoms with E-state index in [9.17, 15) is 5.11 Å². The molecule has 2 nitrogen and oxygen atoms in total. The predicted molar refractivity (Wildman–Crippen MR) is 49.9 cm³/mol. The lowest BCUT2D eigenvalue weighted by atomic mass is 9.95. The van der Waals surface area contributed by atoms with Gasteiger partial charge < -0.3 is 29.1 Å². The average molecular weight is 303 g/mol. The third-order valence-corrected chi connectivity index (χ3v) is 2.53. The molecule has 1 atom stereocenters. The Kier molecular flexibility index (Phi) is 3.66. The zero-order valence-electron chi connectivity index (χ0n) is 8.15. The minimum atomic E-state index is -0.723. The van der Waals surface area contributed by atoms with E-state index in [1.54, 1.807) is 0 Å². The Balaban J connectivity index is 0.000000980. The lowest BCUT2D eigenvalue weighted by molar-refractivity contribution is -0.672. The molecule has 1 aromatic heterocycles. The molecule has 1 aliphatic carbocycles. The lowest BCUT2D eigenvalue weighted by Gasteiger charge is -2.18. The van der Waals surface area contributed by atoms with Crippen LogP contribution in [0.5, 0.6) is 0 Å². The quantitative estimate of drug-likeness (QED) is 0.364. The average Bonchev–Trinajstić information content (AvgIpc) is 2.54. The van der Waals surface area contributed by atoms with E-state index in [1.807, 2.05) is 48.3 Å². The second-order valence-corrected chi connectivity index (χ2v) is 3.62. The highest BCUT2D eigenvalue weighted by Crippen LogP contribution is 2.31. The van der Waals surface area contributed by atoms with Gasteiger partial charge in [-0.2, -0.15) is 0 Å². The van der Waals surface area contributed by atoms with Crippen LogP contribution in [0.25, 0.3) is 0 Å². The molecule has 14 heavy (non-hydrogen) atoms. The second kappa shape index (κ2) is 4.40. The summed E-state index contributed by atoms with van der Waals surface area (Å²) in [5.41, 5.74) is 0.255. The molecule has 0 fully saturated rings. The van der Waals surface area contributed by atoms with Crippen molar-refractivity contribution in [1.82, 2.24) is 0 Å². The first-order valence-corrected chi connectivity index (χ1v) is 4.57. The summed E-state index contributed by atoms with van der Waals surface area (Å²) in [7, 11) is 1.96. The number of rotatable bonds is 1. The van der Waals surface area contributed by atoms with Crippen LogP contribution in [0.15, 0.2) is 36.7 Å². The molecular formula is C11H14INO. The summed E-state index contributed by atoms with van der Waals surface area (Å²) in [5.74, 6) is 0. The van der Waals surface area contributed by atoms with Gasteiger partial charge in [0.15, 0.2) is 12.4 Å². The fourth-order valence-corrected chi connectivity index (χ4v) is 1.75. The van der Waals surface area contributed by atoms with E-state index in [0.29, 0.717) is 0 Å². The Morgan fingerprint density at radius 1 is 1.50 bits per heavy atom. The zero-order valence-corrected chi connectivity index (χ0v) is 10.3. The van der Waals surface area contributed by atoms with Crippen LogP contribution in [-0.4, -0.2) is 5.11 Å². The van der Waals surface area contributed by atoms with E-state index in [-0.39, 0.29) is 24.0 Å². The topological polar surface area (TPSA) is 24.1 Å². The van der Waals surface area contributed by atoms with E-state index in [0.717, 1.165) is 18.4 Å². The Hall–Kier alpha value is -0.420. The third-order valence-electron chi connectivity index (χ3n) is 2.53. The highest BCUT2D eigenvalue weighted by atomic mass is 127. The van der Waals surface area contributed by atoms with E-state index in [1.165, 1.54) is 0 Å². The largest absolute Gasteiger partial charge is 1.00 e. The van der Waals surface area contributed by atoms with Crippen molar-refractivity contribution in [2.24, 2.45) is 7.05 Å². The molecular weight excluding hydrogens is 289 g/mol. The molecule has 1 aliphatic rings. The number of pyridine rings is 1. The van der Waals surface area contributed by atoms with Gasteiger partial charge in [0, 0.05) is 6.07 Å². The van der Waals surface area contributed by atoms with Crippen molar-refractivity contribution in [2.75, 3.05) is 0 Å². The minimum absolute atomic E-state index is 0. The molecule has 0 amide bonds. The maximum Gasteiger partial charge on any atom is 0.174 e. The number of hydrogen-bond acceptors (Lipinski definition) is 1. The molecule has 0 saturated heterocycles. The number of halogens is 1. The van der Waals surface area contributed by atoms with Crippen molar-refractivity contribution in [3.63, 3.8) is 0 Å². The molecule has 1 N–H and O–H groups in total.